The molecule has 2 aromatic rings. The molecule has 0 aliphatic rings. The number of rotatable bonds is 6. The zero-order valence-corrected chi connectivity index (χ0v) is 13.1. The molecule has 2 rings (SSSR count). The third-order valence-corrected chi connectivity index (χ3v) is 3.53. The normalized spacial score (nSPS) is 11.8. The summed E-state index contributed by atoms with van der Waals surface area (Å²) >= 11 is 0. The molecule has 6 heteroatoms. The Morgan fingerprint density at radius 3 is 2.91 bits per heavy atom. The van der Waals surface area contributed by atoms with Crippen LogP contribution in [0.25, 0.3) is 10.9 Å². The van der Waals surface area contributed by atoms with Crippen LogP contribution in [0, 0.1) is 23.7 Å². The largest absolute Gasteiger partial charge is 0.396 e. The molecular weight excluding hydrogens is 295 g/mol. The first-order valence-electron chi connectivity index (χ1n) is 7.74. The lowest BCUT2D eigenvalue weighted by molar-refractivity contribution is 0.268. The molecule has 0 aliphatic carbocycles. The van der Waals surface area contributed by atoms with Crippen molar-refractivity contribution in [2.24, 2.45) is 5.92 Å². The fourth-order valence-electron chi connectivity index (χ4n) is 2.34. The fraction of sp³-hybridized carbons (Fsp3) is 0.412. The summed E-state index contributed by atoms with van der Waals surface area (Å²) in [6.45, 7) is 2.21. The van der Waals surface area contributed by atoms with Gasteiger partial charge in [-0.05, 0) is 25.0 Å². The van der Waals surface area contributed by atoms with Crippen molar-refractivity contribution in [3.05, 3.63) is 24.0 Å². The van der Waals surface area contributed by atoms with Crippen LogP contribution in [0.4, 0.5) is 16.2 Å². The molecule has 5 nitrogen and oxygen atoms in total. The van der Waals surface area contributed by atoms with Crippen molar-refractivity contribution in [2.75, 3.05) is 17.7 Å². The van der Waals surface area contributed by atoms with Crippen LogP contribution in [0.2, 0.25) is 0 Å². The average Bonchev–Trinajstić information content (AvgIpc) is 2.52. The van der Waals surface area contributed by atoms with Crippen LogP contribution in [0.5, 0.6) is 0 Å². The summed E-state index contributed by atoms with van der Waals surface area (Å²) in [5.74, 6) is 3.06. The molecule has 0 unspecified atom stereocenters. The zero-order chi connectivity index (χ0) is 16.7. The average molecular weight is 316 g/mol. The molecule has 0 aliphatic heterocycles. The lowest BCUT2D eigenvalue weighted by Crippen LogP contribution is -2.04. The molecule has 0 saturated carbocycles. The van der Waals surface area contributed by atoms with E-state index in [9.17, 15) is 4.39 Å². The van der Waals surface area contributed by atoms with E-state index >= 15 is 0 Å². The number of unbranched alkanes of at least 4 members (excludes halogenated alkanes) is 1. The molecule has 1 aromatic heterocycles. The quantitative estimate of drug-likeness (QED) is 0.564. The number of aliphatic hydroxyl groups excluding tert-OH is 1. The molecule has 0 radical (unpaired) electrons. The van der Waals surface area contributed by atoms with E-state index < -0.39 is 5.82 Å². The number of nitrogens with zero attached hydrogens (tertiary/aromatic N) is 2. The molecule has 122 valence electrons. The van der Waals surface area contributed by atoms with Gasteiger partial charge in [0.2, 0.25) is 5.95 Å². The second-order valence-corrected chi connectivity index (χ2v) is 5.31. The summed E-state index contributed by atoms with van der Waals surface area (Å²) in [5.41, 5.74) is 6.08. The molecule has 0 bridgehead atoms. The number of aliphatic hydroxyl groups is 1. The van der Waals surface area contributed by atoms with Crippen molar-refractivity contribution >= 4 is 22.7 Å². The number of fused-ring (bicyclic) bond motifs is 1. The highest BCUT2D eigenvalue weighted by Gasteiger charge is 2.10. The number of nitrogens with one attached hydrogen (secondary N) is 1. The molecular formula is C17H21FN4O. The van der Waals surface area contributed by atoms with Crippen LogP contribution in [0.3, 0.4) is 0 Å². The minimum absolute atomic E-state index is 0.0605. The maximum absolute atomic E-state index is 14.0. The molecule has 0 saturated heterocycles. The second-order valence-electron chi connectivity index (χ2n) is 5.31. The number of halogens is 1. The van der Waals surface area contributed by atoms with Crippen LogP contribution in [-0.2, 0) is 0 Å². The first-order chi connectivity index (χ1) is 11.2. The number of aromatic nitrogens is 2. The van der Waals surface area contributed by atoms with Crippen LogP contribution in [0.1, 0.15) is 32.6 Å². The summed E-state index contributed by atoms with van der Waals surface area (Å²) in [6, 6.07) is 7.40. The SMILES string of the molecule is CCCC[C@H](C#CNc1nc(N)nc2cccc(F)c12)CCO. The van der Waals surface area contributed by atoms with Gasteiger partial charge in [0.05, 0.1) is 10.9 Å². The third-order valence-electron chi connectivity index (χ3n) is 3.53. The lowest BCUT2D eigenvalue weighted by Gasteiger charge is -2.08. The number of nitrogens with two attached hydrogens (primary N) is 1. The highest BCUT2D eigenvalue weighted by Crippen LogP contribution is 2.23. The molecule has 0 fully saturated rings. The van der Waals surface area contributed by atoms with E-state index in [0.717, 1.165) is 19.3 Å². The maximum atomic E-state index is 14.0. The van der Waals surface area contributed by atoms with Gasteiger partial charge in [0.15, 0.2) is 5.82 Å². The molecule has 1 aromatic carbocycles. The van der Waals surface area contributed by atoms with Crippen molar-refractivity contribution < 1.29 is 9.50 Å². The Morgan fingerprint density at radius 2 is 2.17 bits per heavy atom. The van der Waals surface area contributed by atoms with Crippen molar-refractivity contribution in [1.29, 1.82) is 0 Å². The fourth-order valence-corrected chi connectivity index (χ4v) is 2.34. The van der Waals surface area contributed by atoms with Crippen LogP contribution >= 0.6 is 0 Å². The van der Waals surface area contributed by atoms with E-state index in [1.807, 2.05) is 0 Å². The summed E-state index contributed by atoms with van der Waals surface area (Å²) in [6.07, 6.45) is 3.68. The first kappa shape index (κ1) is 17.0. The van der Waals surface area contributed by atoms with Gasteiger partial charge in [-0.3, -0.25) is 5.32 Å². The van der Waals surface area contributed by atoms with E-state index in [2.05, 4.69) is 34.2 Å². The predicted molar refractivity (Wildman–Crippen MR) is 90.0 cm³/mol. The summed E-state index contributed by atoms with van der Waals surface area (Å²) in [7, 11) is 0. The Balaban J connectivity index is 2.23. The van der Waals surface area contributed by atoms with Gasteiger partial charge in [-0.2, -0.15) is 4.98 Å². The third kappa shape index (κ3) is 4.54. The van der Waals surface area contributed by atoms with Crippen molar-refractivity contribution in [2.45, 2.75) is 32.6 Å². The molecule has 1 heterocycles. The lowest BCUT2D eigenvalue weighted by atomic mass is 10.00. The van der Waals surface area contributed by atoms with Gasteiger partial charge in [-0.15, -0.1) is 0 Å². The van der Waals surface area contributed by atoms with E-state index in [1.54, 1.807) is 12.1 Å². The Labute approximate surface area is 135 Å². The standard InChI is InChI=1S/C17H21FN4O/c1-2-3-5-12(9-11-23)8-10-20-16-15-13(18)6-4-7-14(15)21-17(19)22-16/h4,6-7,12,23H,2-3,5,9,11H2,1H3,(H3,19,20,21,22)/t12-/m1/s1. The topological polar surface area (TPSA) is 84.1 Å². The number of anilines is 2. The van der Waals surface area contributed by atoms with Crippen molar-refractivity contribution in [1.82, 2.24) is 9.97 Å². The predicted octanol–water partition coefficient (Wildman–Crippen LogP) is 2.91. The minimum Gasteiger partial charge on any atom is -0.396 e. The van der Waals surface area contributed by atoms with Crippen LogP contribution in [0.15, 0.2) is 18.2 Å². The van der Waals surface area contributed by atoms with Gasteiger partial charge >= 0.3 is 0 Å². The van der Waals surface area contributed by atoms with E-state index in [-0.39, 0.29) is 29.7 Å². The van der Waals surface area contributed by atoms with E-state index in [1.165, 1.54) is 6.07 Å². The Kier molecular flexibility index (Phi) is 6.12. The van der Waals surface area contributed by atoms with Gasteiger partial charge in [-0.25, -0.2) is 9.37 Å². The van der Waals surface area contributed by atoms with Crippen molar-refractivity contribution in [3.8, 4) is 12.0 Å². The molecule has 23 heavy (non-hydrogen) atoms. The highest BCUT2D eigenvalue weighted by molar-refractivity contribution is 5.91. The number of benzene rings is 1. The van der Waals surface area contributed by atoms with Gasteiger partial charge in [-0.1, -0.05) is 31.8 Å². The first-order valence-corrected chi connectivity index (χ1v) is 7.74. The maximum Gasteiger partial charge on any atom is 0.222 e. The Hall–Kier alpha value is -2.39. The van der Waals surface area contributed by atoms with E-state index in [0.29, 0.717) is 11.9 Å². The van der Waals surface area contributed by atoms with Crippen LogP contribution in [-0.4, -0.2) is 21.7 Å². The number of hydrogen-bond donors (Lipinski definition) is 3. The summed E-state index contributed by atoms with van der Waals surface area (Å²) in [4.78, 5) is 8.05. The van der Waals surface area contributed by atoms with E-state index in [4.69, 9.17) is 10.8 Å². The Morgan fingerprint density at radius 1 is 1.35 bits per heavy atom. The molecule has 1 atom stereocenters. The number of hydrogen-bond acceptors (Lipinski definition) is 5. The van der Waals surface area contributed by atoms with Gasteiger partial charge in [0.1, 0.15) is 5.82 Å². The second kappa shape index (κ2) is 8.30. The highest BCUT2D eigenvalue weighted by atomic mass is 19.1. The smallest absolute Gasteiger partial charge is 0.222 e. The molecule has 0 amide bonds. The monoisotopic (exact) mass is 316 g/mol. The number of nitrogen functional groups attached to an aromatic ring is 1. The molecule has 4 N–H and O–H groups in total. The Bertz CT molecular complexity index is 724. The van der Waals surface area contributed by atoms with Crippen molar-refractivity contribution in [3.63, 3.8) is 0 Å². The summed E-state index contributed by atoms with van der Waals surface area (Å²) < 4.78 is 14.0. The molecule has 0 spiro atoms. The van der Waals surface area contributed by atoms with Gasteiger partial charge in [0.25, 0.3) is 0 Å². The van der Waals surface area contributed by atoms with Crippen LogP contribution < -0.4 is 11.1 Å². The van der Waals surface area contributed by atoms with Gasteiger partial charge < -0.3 is 10.8 Å². The van der Waals surface area contributed by atoms with Gasteiger partial charge in [0, 0.05) is 18.6 Å². The minimum atomic E-state index is -0.426. The summed E-state index contributed by atoms with van der Waals surface area (Å²) in [5, 5.41) is 12.2. The zero-order valence-electron chi connectivity index (χ0n) is 13.1.